The van der Waals surface area contributed by atoms with Crippen molar-refractivity contribution in [2.24, 2.45) is 0 Å². The van der Waals surface area contributed by atoms with Gasteiger partial charge in [-0.3, -0.25) is 0 Å². The second kappa shape index (κ2) is 8.14. The number of aliphatic carboxylic acids is 1. The summed E-state index contributed by atoms with van der Waals surface area (Å²) in [6, 6.07) is 8.30. The predicted molar refractivity (Wildman–Crippen MR) is 110 cm³/mol. The van der Waals surface area contributed by atoms with E-state index in [-0.39, 0.29) is 12.2 Å². The number of imidazole rings is 1. The smallest absolute Gasteiger partial charge is 0.408 e. The minimum Gasteiger partial charge on any atom is -0.480 e. The quantitative estimate of drug-likeness (QED) is 0.660. The van der Waals surface area contributed by atoms with Crippen LogP contribution in [0.15, 0.2) is 42.6 Å². The lowest BCUT2D eigenvalue weighted by Crippen LogP contribution is -2.44. The average molecular weight is 413 g/mol. The number of carbonyl (C=O) groups is 2. The summed E-state index contributed by atoms with van der Waals surface area (Å²) in [5.74, 6) is -1.58. The molecule has 1 atom stereocenters. The zero-order valence-electron chi connectivity index (χ0n) is 17.3. The number of halogens is 1. The van der Waals surface area contributed by atoms with Crippen LogP contribution in [0.2, 0.25) is 0 Å². The monoisotopic (exact) mass is 413 g/mol. The number of hydrogen-bond acceptors (Lipinski definition) is 4. The Bertz CT molecular complexity index is 1080. The van der Waals surface area contributed by atoms with E-state index in [0.29, 0.717) is 22.6 Å². The lowest BCUT2D eigenvalue weighted by Gasteiger charge is -2.22. The second-order valence-corrected chi connectivity index (χ2v) is 8.09. The number of rotatable bonds is 5. The third-order valence-corrected chi connectivity index (χ3v) is 4.37. The van der Waals surface area contributed by atoms with Crippen molar-refractivity contribution in [3.8, 4) is 11.3 Å². The number of aryl methyl sites for hydroxylation is 1. The van der Waals surface area contributed by atoms with E-state index < -0.39 is 23.7 Å². The number of aromatic nitrogens is 2. The van der Waals surface area contributed by atoms with Crippen molar-refractivity contribution in [2.45, 2.75) is 45.8 Å². The van der Waals surface area contributed by atoms with Crippen LogP contribution >= 0.6 is 0 Å². The van der Waals surface area contributed by atoms with Gasteiger partial charge in [-0.25, -0.2) is 19.0 Å². The van der Waals surface area contributed by atoms with Gasteiger partial charge in [-0.15, -0.1) is 0 Å². The molecule has 0 saturated carbocycles. The lowest BCUT2D eigenvalue weighted by molar-refractivity contribution is -0.139. The van der Waals surface area contributed by atoms with Gasteiger partial charge in [0.1, 0.15) is 23.1 Å². The molecule has 0 saturated heterocycles. The summed E-state index contributed by atoms with van der Waals surface area (Å²) in [5.41, 5.74) is 2.58. The first-order valence-corrected chi connectivity index (χ1v) is 9.49. The van der Waals surface area contributed by atoms with Crippen LogP contribution in [-0.4, -0.2) is 38.2 Å². The summed E-state index contributed by atoms with van der Waals surface area (Å²) in [6.45, 7) is 7.00. The van der Waals surface area contributed by atoms with Gasteiger partial charge in [0.25, 0.3) is 0 Å². The van der Waals surface area contributed by atoms with Crippen LogP contribution in [0.1, 0.15) is 32.0 Å². The molecule has 1 aromatic carbocycles. The Morgan fingerprint density at radius 3 is 2.47 bits per heavy atom. The molecule has 0 bridgehead atoms. The Kier molecular flexibility index (Phi) is 5.78. The molecule has 0 aliphatic rings. The van der Waals surface area contributed by atoms with E-state index in [4.69, 9.17) is 4.74 Å². The van der Waals surface area contributed by atoms with E-state index >= 15 is 0 Å². The number of hydrogen-bond donors (Lipinski definition) is 2. The number of ether oxygens (including phenoxy) is 1. The van der Waals surface area contributed by atoms with Crippen LogP contribution in [0.5, 0.6) is 0 Å². The molecule has 30 heavy (non-hydrogen) atoms. The maximum Gasteiger partial charge on any atom is 0.408 e. The molecule has 0 aliphatic heterocycles. The van der Waals surface area contributed by atoms with Crippen LogP contribution in [0.4, 0.5) is 9.18 Å². The van der Waals surface area contributed by atoms with Crippen LogP contribution < -0.4 is 5.32 Å². The van der Waals surface area contributed by atoms with Crippen molar-refractivity contribution in [1.29, 1.82) is 0 Å². The third-order valence-electron chi connectivity index (χ3n) is 4.37. The van der Waals surface area contributed by atoms with Crippen molar-refractivity contribution in [2.75, 3.05) is 0 Å². The molecule has 7 nitrogen and oxygen atoms in total. The van der Waals surface area contributed by atoms with E-state index in [2.05, 4.69) is 10.3 Å². The molecule has 0 aliphatic carbocycles. The highest BCUT2D eigenvalue weighted by atomic mass is 19.1. The van der Waals surface area contributed by atoms with E-state index in [1.54, 1.807) is 37.3 Å². The van der Waals surface area contributed by atoms with Crippen molar-refractivity contribution < 1.29 is 23.8 Å². The molecular weight excluding hydrogens is 389 g/mol. The molecule has 2 heterocycles. The topological polar surface area (TPSA) is 92.9 Å². The molecule has 0 spiro atoms. The fourth-order valence-corrected chi connectivity index (χ4v) is 3.08. The van der Waals surface area contributed by atoms with Gasteiger partial charge in [-0.05, 0) is 63.6 Å². The van der Waals surface area contributed by atoms with Crippen molar-refractivity contribution in [3.05, 3.63) is 59.7 Å². The van der Waals surface area contributed by atoms with Gasteiger partial charge >= 0.3 is 12.1 Å². The van der Waals surface area contributed by atoms with Gasteiger partial charge in [-0.2, -0.15) is 0 Å². The molecule has 2 N–H and O–H groups in total. The highest BCUT2D eigenvalue weighted by Gasteiger charge is 2.27. The molecule has 8 heteroatoms. The summed E-state index contributed by atoms with van der Waals surface area (Å²) in [6.07, 6.45) is 0.992. The van der Waals surface area contributed by atoms with Crippen LogP contribution in [0.25, 0.3) is 16.9 Å². The van der Waals surface area contributed by atoms with Crippen molar-refractivity contribution in [3.63, 3.8) is 0 Å². The predicted octanol–water partition coefficient (Wildman–Crippen LogP) is 3.97. The van der Waals surface area contributed by atoms with Crippen molar-refractivity contribution >= 4 is 17.7 Å². The van der Waals surface area contributed by atoms with Gasteiger partial charge in [0.05, 0.1) is 11.4 Å². The molecule has 3 aromatic rings. The first-order valence-electron chi connectivity index (χ1n) is 9.49. The van der Waals surface area contributed by atoms with Crippen LogP contribution in [0, 0.1) is 12.7 Å². The fourth-order valence-electron chi connectivity index (χ4n) is 3.08. The van der Waals surface area contributed by atoms with Gasteiger partial charge in [0.15, 0.2) is 0 Å². The summed E-state index contributed by atoms with van der Waals surface area (Å²) >= 11 is 0. The number of pyridine rings is 1. The van der Waals surface area contributed by atoms with Gasteiger partial charge in [0, 0.05) is 18.2 Å². The second-order valence-electron chi connectivity index (χ2n) is 8.09. The molecular formula is C22H24FN3O4. The van der Waals surface area contributed by atoms with E-state index in [0.717, 1.165) is 5.56 Å². The number of carbonyl (C=O) groups excluding carboxylic acids is 1. The third kappa shape index (κ3) is 4.94. The Morgan fingerprint density at radius 2 is 1.87 bits per heavy atom. The number of amides is 1. The summed E-state index contributed by atoms with van der Waals surface area (Å²) in [7, 11) is 0. The first kappa shape index (κ1) is 21.3. The average Bonchev–Trinajstić information content (AvgIpc) is 2.98. The molecule has 0 fully saturated rings. The minimum atomic E-state index is -1.24. The molecule has 1 unspecified atom stereocenters. The molecule has 1 amide bonds. The first-order chi connectivity index (χ1) is 14.0. The largest absolute Gasteiger partial charge is 0.480 e. The van der Waals surface area contributed by atoms with Crippen LogP contribution in [-0.2, 0) is 16.0 Å². The zero-order chi connectivity index (χ0) is 22.1. The van der Waals surface area contributed by atoms with Crippen molar-refractivity contribution in [1.82, 2.24) is 14.7 Å². The molecule has 0 radical (unpaired) electrons. The highest BCUT2D eigenvalue weighted by molar-refractivity contribution is 5.81. The van der Waals surface area contributed by atoms with Crippen LogP contribution in [0.3, 0.4) is 0 Å². The number of carboxylic acid groups (broad SMARTS) is 1. The fraction of sp³-hybridized carbons (Fsp3) is 0.318. The molecule has 3 rings (SSSR count). The molecule has 2 aromatic heterocycles. The van der Waals surface area contributed by atoms with Gasteiger partial charge < -0.3 is 19.6 Å². The van der Waals surface area contributed by atoms with Gasteiger partial charge in [-0.1, -0.05) is 6.07 Å². The Labute approximate surface area is 173 Å². The van der Waals surface area contributed by atoms with E-state index in [1.165, 1.54) is 12.1 Å². The van der Waals surface area contributed by atoms with Gasteiger partial charge in [0.2, 0.25) is 0 Å². The van der Waals surface area contributed by atoms with E-state index in [1.807, 2.05) is 25.3 Å². The van der Waals surface area contributed by atoms with E-state index in [9.17, 15) is 19.1 Å². The summed E-state index contributed by atoms with van der Waals surface area (Å²) < 4.78 is 20.4. The Hall–Kier alpha value is -3.42. The minimum absolute atomic E-state index is 0.0358. The Morgan fingerprint density at radius 1 is 1.20 bits per heavy atom. The number of alkyl carbamates (subject to hydrolysis) is 1. The Balaban J connectivity index is 2.02. The number of nitrogens with zero attached hydrogens (tertiary/aromatic N) is 2. The maximum absolute atomic E-state index is 13.4. The number of carboxylic acids is 1. The normalized spacial score (nSPS) is 12.6. The number of benzene rings is 1. The number of fused-ring (bicyclic) bond motifs is 1. The highest BCUT2D eigenvalue weighted by Crippen LogP contribution is 2.26. The lowest BCUT2D eigenvalue weighted by atomic mass is 10.0. The maximum atomic E-state index is 13.4. The SMILES string of the molecule is Cc1ccc2nc(-c3ccc(F)cc3)c(CC(NC(=O)OC(C)(C)C)C(=O)O)n2c1. The summed E-state index contributed by atoms with van der Waals surface area (Å²) in [4.78, 5) is 28.6. The molecule has 158 valence electrons. The number of nitrogens with one attached hydrogen (secondary N) is 1. The standard InChI is InChI=1S/C22H24FN3O4/c1-13-5-10-18-25-19(14-6-8-15(23)9-7-14)17(26(18)12-13)11-16(20(27)28)24-21(29)30-22(2,3)4/h5-10,12,16H,11H2,1-4H3,(H,24,29)(H,27,28). The summed E-state index contributed by atoms with van der Waals surface area (Å²) in [5, 5.41) is 12.1. The zero-order valence-corrected chi connectivity index (χ0v) is 17.3.